The van der Waals surface area contributed by atoms with Crippen LogP contribution in [0.1, 0.15) is 12.0 Å². The highest BCUT2D eigenvalue weighted by molar-refractivity contribution is 14.1. The van der Waals surface area contributed by atoms with Crippen molar-refractivity contribution in [2.45, 2.75) is 6.43 Å². The van der Waals surface area contributed by atoms with E-state index in [-0.39, 0.29) is 0 Å². The second kappa shape index (κ2) is 3.29. The van der Waals surface area contributed by atoms with Crippen molar-refractivity contribution in [1.82, 2.24) is 4.98 Å². The summed E-state index contributed by atoms with van der Waals surface area (Å²) >= 11 is 1.70. The van der Waals surface area contributed by atoms with Gasteiger partial charge in [-0.1, -0.05) is 0 Å². The number of hydrogen-bond acceptors (Lipinski definition) is 1. The Hall–Kier alpha value is -0.460. The monoisotopic (exact) mass is 271 g/mol. The van der Waals surface area contributed by atoms with Gasteiger partial charge < -0.3 is 4.98 Å². The fraction of sp³-hybridized carbons (Fsp3) is 0.167. The predicted molar refractivity (Wildman–Crippen MR) is 44.7 cm³/mol. The maximum atomic E-state index is 12.1. The Kier molecular flexibility index (Phi) is 2.58. The molecule has 1 rings (SSSR count). The molecule has 0 spiro atoms. The third-order valence-corrected chi connectivity index (χ3v) is 2.10. The minimum atomic E-state index is -2.70. The number of hydrogen-bond donors (Lipinski definition) is 1. The topological polar surface area (TPSA) is 32.9 Å². The highest BCUT2D eigenvalue weighted by Gasteiger charge is 2.14. The van der Waals surface area contributed by atoms with E-state index in [1.54, 1.807) is 22.6 Å². The molecular formula is C6H4F2INO. The highest BCUT2D eigenvalue weighted by atomic mass is 127. The SMILES string of the molecule is O=c1[nH]ccc(I)c1C(F)F. The van der Waals surface area contributed by atoms with E-state index in [4.69, 9.17) is 0 Å². The highest BCUT2D eigenvalue weighted by Crippen LogP contribution is 2.19. The zero-order chi connectivity index (χ0) is 8.43. The van der Waals surface area contributed by atoms with Gasteiger partial charge in [-0.05, 0) is 28.7 Å². The minimum absolute atomic E-state index is 0.293. The minimum Gasteiger partial charge on any atom is -0.329 e. The quantitative estimate of drug-likeness (QED) is 0.777. The average molecular weight is 271 g/mol. The van der Waals surface area contributed by atoms with Crippen LogP contribution in [0.5, 0.6) is 0 Å². The molecule has 0 saturated heterocycles. The zero-order valence-electron chi connectivity index (χ0n) is 5.27. The van der Waals surface area contributed by atoms with Gasteiger partial charge in [0, 0.05) is 9.77 Å². The van der Waals surface area contributed by atoms with Gasteiger partial charge in [-0.2, -0.15) is 0 Å². The van der Waals surface area contributed by atoms with Crippen LogP contribution in [0.2, 0.25) is 0 Å². The molecule has 1 aromatic heterocycles. The Morgan fingerprint density at radius 1 is 1.55 bits per heavy atom. The number of aromatic nitrogens is 1. The lowest BCUT2D eigenvalue weighted by Gasteiger charge is -1.98. The molecule has 11 heavy (non-hydrogen) atoms. The molecule has 1 aromatic rings. The fourth-order valence-corrected chi connectivity index (χ4v) is 1.33. The van der Waals surface area contributed by atoms with Crippen molar-refractivity contribution in [3.63, 3.8) is 0 Å². The standard InChI is InChI=1S/C6H4F2INO/c7-5(8)4-3(9)1-2-10-6(4)11/h1-2,5H,(H,10,11). The summed E-state index contributed by atoms with van der Waals surface area (Å²) in [5.74, 6) is 0. The van der Waals surface area contributed by atoms with Crippen molar-refractivity contribution in [2.24, 2.45) is 0 Å². The second-order valence-corrected chi connectivity index (χ2v) is 3.03. The number of pyridine rings is 1. The lowest BCUT2D eigenvalue weighted by Crippen LogP contribution is -2.13. The second-order valence-electron chi connectivity index (χ2n) is 1.87. The molecule has 0 amide bonds. The maximum absolute atomic E-state index is 12.1. The lowest BCUT2D eigenvalue weighted by molar-refractivity contribution is 0.148. The molecule has 0 aliphatic rings. The zero-order valence-corrected chi connectivity index (χ0v) is 7.43. The van der Waals surface area contributed by atoms with Crippen LogP contribution >= 0.6 is 22.6 Å². The van der Waals surface area contributed by atoms with Gasteiger partial charge in [0.1, 0.15) is 0 Å². The van der Waals surface area contributed by atoms with Crippen molar-refractivity contribution >= 4 is 22.6 Å². The molecule has 1 heterocycles. The van der Waals surface area contributed by atoms with E-state index < -0.39 is 17.5 Å². The Balaban J connectivity index is 3.33. The van der Waals surface area contributed by atoms with Crippen LogP contribution < -0.4 is 5.56 Å². The van der Waals surface area contributed by atoms with E-state index in [0.29, 0.717) is 3.57 Å². The van der Waals surface area contributed by atoms with Gasteiger partial charge in [-0.15, -0.1) is 0 Å². The first kappa shape index (κ1) is 8.63. The summed E-state index contributed by atoms with van der Waals surface area (Å²) in [4.78, 5) is 12.9. The Morgan fingerprint density at radius 3 is 2.55 bits per heavy atom. The molecule has 60 valence electrons. The molecule has 2 nitrogen and oxygen atoms in total. The van der Waals surface area contributed by atoms with Crippen LogP contribution in [0, 0.1) is 3.57 Å². The summed E-state index contributed by atoms with van der Waals surface area (Å²) in [6.07, 6.45) is -1.36. The Bertz CT molecular complexity index is 310. The molecule has 0 bridgehead atoms. The van der Waals surface area contributed by atoms with Gasteiger partial charge in [0.15, 0.2) is 0 Å². The van der Waals surface area contributed by atoms with Crippen LogP contribution in [0.4, 0.5) is 8.78 Å². The molecule has 0 radical (unpaired) electrons. The number of H-pyrrole nitrogens is 1. The van der Waals surface area contributed by atoms with Crippen LogP contribution in [-0.2, 0) is 0 Å². The first-order chi connectivity index (χ1) is 5.13. The molecule has 0 saturated carbocycles. The van der Waals surface area contributed by atoms with Crippen LogP contribution in [0.3, 0.4) is 0 Å². The van der Waals surface area contributed by atoms with Crippen LogP contribution in [0.25, 0.3) is 0 Å². The van der Waals surface area contributed by atoms with Gasteiger partial charge >= 0.3 is 0 Å². The van der Waals surface area contributed by atoms with E-state index in [9.17, 15) is 13.6 Å². The third kappa shape index (κ3) is 1.76. The molecule has 0 fully saturated rings. The first-order valence-electron chi connectivity index (χ1n) is 2.78. The Morgan fingerprint density at radius 2 is 2.18 bits per heavy atom. The summed E-state index contributed by atoms with van der Waals surface area (Å²) in [5, 5.41) is 0. The van der Waals surface area contributed by atoms with Gasteiger partial charge in [0.05, 0.1) is 5.56 Å². The lowest BCUT2D eigenvalue weighted by atomic mass is 10.3. The van der Waals surface area contributed by atoms with E-state index in [1.807, 2.05) is 0 Å². The number of halogens is 3. The van der Waals surface area contributed by atoms with Gasteiger partial charge in [0.2, 0.25) is 0 Å². The largest absolute Gasteiger partial charge is 0.329 e. The molecular weight excluding hydrogens is 267 g/mol. The van der Waals surface area contributed by atoms with Gasteiger partial charge in [-0.3, -0.25) is 4.79 Å². The smallest absolute Gasteiger partial charge is 0.270 e. The van der Waals surface area contributed by atoms with Crippen molar-refractivity contribution in [3.8, 4) is 0 Å². The molecule has 0 unspecified atom stereocenters. The molecule has 0 aliphatic carbocycles. The van der Waals surface area contributed by atoms with E-state index >= 15 is 0 Å². The van der Waals surface area contributed by atoms with Crippen molar-refractivity contribution in [1.29, 1.82) is 0 Å². The van der Waals surface area contributed by atoms with Crippen molar-refractivity contribution < 1.29 is 8.78 Å². The van der Waals surface area contributed by atoms with Crippen molar-refractivity contribution in [2.75, 3.05) is 0 Å². The Labute approximate surface area is 74.8 Å². The average Bonchev–Trinajstić information content (AvgIpc) is 1.85. The summed E-state index contributed by atoms with van der Waals surface area (Å²) < 4.78 is 24.4. The normalized spacial score (nSPS) is 10.5. The molecule has 0 atom stereocenters. The van der Waals surface area contributed by atoms with Gasteiger partial charge in [0.25, 0.3) is 12.0 Å². The van der Waals surface area contributed by atoms with E-state index in [0.717, 1.165) is 0 Å². The summed E-state index contributed by atoms with van der Waals surface area (Å²) in [7, 11) is 0. The molecule has 1 N–H and O–H groups in total. The predicted octanol–water partition coefficient (Wildman–Crippen LogP) is 1.92. The number of rotatable bonds is 1. The fourth-order valence-electron chi connectivity index (χ4n) is 0.670. The van der Waals surface area contributed by atoms with Crippen LogP contribution in [0.15, 0.2) is 17.1 Å². The number of nitrogens with one attached hydrogen (secondary N) is 1. The maximum Gasteiger partial charge on any atom is 0.270 e. The summed E-state index contributed by atoms with van der Waals surface area (Å²) in [6.45, 7) is 0. The van der Waals surface area contributed by atoms with Gasteiger partial charge in [-0.25, -0.2) is 8.78 Å². The molecule has 0 aliphatic heterocycles. The van der Waals surface area contributed by atoms with Crippen molar-refractivity contribution in [3.05, 3.63) is 31.8 Å². The van der Waals surface area contributed by atoms with Crippen LogP contribution in [-0.4, -0.2) is 4.98 Å². The molecule has 0 aromatic carbocycles. The number of aromatic amines is 1. The first-order valence-corrected chi connectivity index (χ1v) is 3.86. The van der Waals surface area contributed by atoms with E-state index in [2.05, 4.69) is 4.98 Å². The summed E-state index contributed by atoms with van der Waals surface area (Å²) in [5.41, 5.74) is -1.17. The van der Waals surface area contributed by atoms with E-state index in [1.165, 1.54) is 12.3 Å². The summed E-state index contributed by atoms with van der Waals surface area (Å²) in [6, 6.07) is 1.43. The third-order valence-electron chi connectivity index (χ3n) is 1.16. The number of alkyl halides is 2. The molecule has 5 heteroatoms.